The van der Waals surface area contributed by atoms with Gasteiger partial charge in [0.15, 0.2) is 5.82 Å². The van der Waals surface area contributed by atoms with Crippen LogP contribution >= 0.6 is 15.9 Å². The smallest absolute Gasteiger partial charge is 0.153 e. The van der Waals surface area contributed by atoms with Crippen LogP contribution in [0.4, 0.5) is 11.5 Å². The first-order valence-corrected chi connectivity index (χ1v) is 8.54. The minimum Gasteiger partial charge on any atom is -0.368 e. The quantitative estimate of drug-likeness (QED) is 0.693. The Labute approximate surface area is 143 Å². The lowest BCUT2D eigenvalue weighted by Crippen LogP contribution is -2.47. The average molecular weight is 372 g/mol. The van der Waals surface area contributed by atoms with E-state index in [4.69, 9.17) is 0 Å². The number of nitrogens with zero attached hydrogens (tertiary/aromatic N) is 5. The summed E-state index contributed by atoms with van der Waals surface area (Å²) in [6.07, 6.45) is 9.72. The molecule has 3 aromatic rings. The molecular formula is C17H18BrN5. The molecule has 118 valence electrons. The zero-order valence-electron chi connectivity index (χ0n) is 13.0. The Kier molecular flexibility index (Phi) is 3.69. The number of aryl methyl sites for hydroxylation is 1. The predicted octanol–water partition coefficient (Wildman–Crippen LogP) is 3.13. The summed E-state index contributed by atoms with van der Waals surface area (Å²) in [6, 6.07) is 4.23. The van der Waals surface area contributed by atoms with Crippen LogP contribution in [0.3, 0.4) is 0 Å². The van der Waals surface area contributed by atoms with Gasteiger partial charge in [-0.2, -0.15) is 0 Å². The number of anilines is 2. The highest BCUT2D eigenvalue weighted by Gasteiger charge is 2.21. The second-order valence-corrected chi connectivity index (χ2v) is 6.75. The molecule has 0 atom stereocenters. The molecule has 1 aliphatic heterocycles. The number of fused-ring (bicyclic) bond motifs is 1. The van der Waals surface area contributed by atoms with Gasteiger partial charge in [-0.3, -0.25) is 4.98 Å². The van der Waals surface area contributed by atoms with Gasteiger partial charge in [0.1, 0.15) is 0 Å². The summed E-state index contributed by atoms with van der Waals surface area (Å²) >= 11 is 3.55. The van der Waals surface area contributed by atoms with Crippen LogP contribution in [0.25, 0.3) is 5.52 Å². The topological polar surface area (TPSA) is 36.7 Å². The molecule has 4 heterocycles. The van der Waals surface area contributed by atoms with E-state index in [-0.39, 0.29) is 0 Å². The van der Waals surface area contributed by atoms with E-state index in [0.717, 1.165) is 42.0 Å². The summed E-state index contributed by atoms with van der Waals surface area (Å²) in [6.45, 7) is 6.05. The molecule has 4 rings (SSSR count). The number of pyridine rings is 1. The van der Waals surface area contributed by atoms with Crippen molar-refractivity contribution < 1.29 is 0 Å². The molecule has 0 spiro atoms. The summed E-state index contributed by atoms with van der Waals surface area (Å²) in [5.74, 6) is 1.06. The fraction of sp³-hybridized carbons (Fsp3) is 0.294. The van der Waals surface area contributed by atoms with E-state index in [2.05, 4.69) is 65.4 Å². The fourth-order valence-corrected chi connectivity index (χ4v) is 3.65. The number of hydrogen-bond acceptors (Lipinski definition) is 4. The molecule has 0 bridgehead atoms. The van der Waals surface area contributed by atoms with Crippen molar-refractivity contribution in [3.8, 4) is 0 Å². The third-order valence-electron chi connectivity index (χ3n) is 4.38. The third kappa shape index (κ3) is 2.67. The van der Waals surface area contributed by atoms with Crippen molar-refractivity contribution in [2.24, 2.45) is 0 Å². The molecular weight excluding hydrogens is 354 g/mol. The molecule has 0 aromatic carbocycles. The van der Waals surface area contributed by atoms with Crippen LogP contribution < -0.4 is 9.80 Å². The van der Waals surface area contributed by atoms with Crippen LogP contribution in [0.5, 0.6) is 0 Å². The van der Waals surface area contributed by atoms with Gasteiger partial charge in [0.2, 0.25) is 0 Å². The van der Waals surface area contributed by atoms with Crippen molar-refractivity contribution in [3.63, 3.8) is 0 Å². The molecule has 23 heavy (non-hydrogen) atoms. The van der Waals surface area contributed by atoms with Gasteiger partial charge in [-0.15, -0.1) is 0 Å². The van der Waals surface area contributed by atoms with Gasteiger partial charge in [0.05, 0.1) is 5.52 Å². The molecule has 5 nitrogen and oxygen atoms in total. The molecule has 1 saturated heterocycles. The Morgan fingerprint density at radius 1 is 1.09 bits per heavy atom. The molecule has 0 radical (unpaired) electrons. The molecule has 0 unspecified atom stereocenters. The van der Waals surface area contributed by atoms with Gasteiger partial charge < -0.3 is 14.2 Å². The van der Waals surface area contributed by atoms with E-state index in [1.165, 1.54) is 11.3 Å². The van der Waals surface area contributed by atoms with Crippen molar-refractivity contribution in [2.75, 3.05) is 36.0 Å². The maximum Gasteiger partial charge on any atom is 0.153 e. The average Bonchev–Trinajstić information content (AvgIpc) is 2.96. The van der Waals surface area contributed by atoms with Crippen LogP contribution in [-0.2, 0) is 0 Å². The lowest BCUT2D eigenvalue weighted by molar-refractivity contribution is 0.646. The van der Waals surface area contributed by atoms with Gasteiger partial charge in [-0.25, -0.2) is 4.98 Å². The van der Waals surface area contributed by atoms with Gasteiger partial charge >= 0.3 is 0 Å². The van der Waals surface area contributed by atoms with Crippen molar-refractivity contribution in [2.45, 2.75) is 6.92 Å². The van der Waals surface area contributed by atoms with Crippen molar-refractivity contribution in [1.29, 1.82) is 0 Å². The molecule has 0 saturated carbocycles. The van der Waals surface area contributed by atoms with E-state index in [1.807, 2.05) is 24.8 Å². The zero-order chi connectivity index (χ0) is 15.8. The highest BCUT2D eigenvalue weighted by Crippen LogP contribution is 2.26. The fourth-order valence-electron chi connectivity index (χ4n) is 3.21. The van der Waals surface area contributed by atoms with Crippen LogP contribution in [0, 0.1) is 6.92 Å². The Bertz CT molecular complexity index is 836. The lowest BCUT2D eigenvalue weighted by Gasteiger charge is -2.37. The maximum absolute atomic E-state index is 4.61. The highest BCUT2D eigenvalue weighted by atomic mass is 79.9. The summed E-state index contributed by atoms with van der Waals surface area (Å²) in [5.41, 5.74) is 3.67. The number of hydrogen-bond donors (Lipinski definition) is 0. The largest absolute Gasteiger partial charge is 0.368 e. The zero-order valence-corrected chi connectivity index (χ0v) is 14.6. The molecule has 1 aliphatic rings. The third-order valence-corrected chi connectivity index (χ3v) is 4.81. The van der Waals surface area contributed by atoms with Gasteiger partial charge in [0, 0.05) is 67.3 Å². The SMILES string of the molecule is Cc1cnccc1N1CCN(c2nccn3cc(Br)cc23)CC1. The first kappa shape index (κ1) is 14.5. The Hall–Kier alpha value is -2.08. The molecule has 0 amide bonds. The van der Waals surface area contributed by atoms with Gasteiger partial charge in [0.25, 0.3) is 0 Å². The van der Waals surface area contributed by atoms with Crippen molar-refractivity contribution >= 4 is 33.0 Å². The van der Waals surface area contributed by atoms with E-state index in [1.54, 1.807) is 0 Å². The second kappa shape index (κ2) is 5.85. The van der Waals surface area contributed by atoms with Crippen LogP contribution in [0.2, 0.25) is 0 Å². The summed E-state index contributed by atoms with van der Waals surface area (Å²) < 4.78 is 3.20. The first-order valence-electron chi connectivity index (χ1n) is 7.75. The molecule has 6 heteroatoms. The monoisotopic (exact) mass is 371 g/mol. The summed E-state index contributed by atoms with van der Waals surface area (Å²) in [4.78, 5) is 13.6. The highest BCUT2D eigenvalue weighted by molar-refractivity contribution is 9.10. The van der Waals surface area contributed by atoms with E-state index < -0.39 is 0 Å². The normalized spacial score (nSPS) is 15.4. The molecule has 1 fully saturated rings. The van der Waals surface area contributed by atoms with Crippen LogP contribution in [0.1, 0.15) is 5.56 Å². The van der Waals surface area contributed by atoms with E-state index in [9.17, 15) is 0 Å². The van der Waals surface area contributed by atoms with Crippen molar-refractivity contribution in [3.05, 3.63) is 53.2 Å². The van der Waals surface area contributed by atoms with Crippen LogP contribution in [0.15, 0.2) is 47.6 Å². The molecule has 0 aliphatic carbocycles. The summed E-state index contributed by atoms with van der Waals surface area (Å²) in [5, 5.41) is 0. The number of aromatic nitrogens is 3. The van der Waals surface area contributed by atoms with E-state index >= 15 is 0 Å². The van der Waals surface area contributed by atoms with Crippen molar-refractivity contribution in [1.82, 2.24) is 14.4 Å². The standard InChI is InChI=1S/C17H18BrN5/c1-13-11-19-3-2-15(13)21-6-8-22(9-7-21)17-16-10-14(18)12-23(16)5-4-20-17/h2-5,10-12H,6-9H2,1H3. The Balaban J connectivity index is 1.56. The van der Waals surface area contributed by atoms with E-state index in [0.29, 0.717) is 0 Å². The molecule has 0 N–H and O–H groups in total. The van der Waals surface area contributed by atoms with Gasteiger partial charge in [-0.1, -0.05) is 0 Å². The Morgan fingerprint density at radius 3 is 2.65 bits per heavy atom. The molecule has 3 aromatic heterocycles. The number of piperazine rings is 1. The maximum atomic E-state index is 4.61. The second-order valence-electron chi connectivity index (χ2n) is 5.84. The Morgan fingerprint density at radius 2 is 1.87 bits per heavy atom. The predicted molar refractivity (Wildman–Crippen MR) is 96.3 cm³/mol. The minimum atomic E-state index is 0.969. The summed E-state index contributed by atoms with van der Waals surface area (Å²) in [7, 11) is 0. The van der Waals surface area contributed by atoms with Crippen LogP contribution in [-0.4, -0.2) is 40.5 Å². The van der Waals surface area contributed by atoms with Gasteiger partial charge in [-0.05, 0) is 40.5 Å². The minimum absolute atomic E-state index is 0.969. The number of halogens is 1. The number of rotatable bonds is 2. The lowest BCUT2D eigenvalue weighted by atomic mass is 10.2. The first-order chi connectivity index (χ1) is 11.2.